The molecule has 1 saturated heterocycles. The van der Waals surface area contributed by atoms with Crippen molar-refractivity contribution in [2.45, 2.75) is 13.3 Å². The average Bonchev–Trinajstić information content (AvgIpc) is 2.67. The van der Waals surface area contributed by atoms with Gasteiger partial charge in [-0.1, -0.05) is 0 Å². The minimum absolute atomic E-state index is 0.242. The van der Waals surface area contributed by atoms with Crippen LogP contribution in [-0.2, 0) is 14.3 Å². The zero-order chi connectivity index (χ0) is 10.4. The normalized spacial score (nSPS) is 20.5. The number of hydrogen-bond donors (Lipinski definition) is 1. The summed E-state index contributed by atoms with van der Waals surface area (Å²) < 4.78 is 4.56. The van der Waals surface area contributed by atoms with Crippen LogP contribution in [0.3, 0.4) is 0 Å². The second-order valence-electron chi connectivity index (χ2n) is 3.16. The zero-order valence-corrected chi connectivity index (χ0v) is 9.06. The van der Waals surface area contributed by atoms with Gasteiger partial charge < -0.3 is 10.1 Å². The largest absolute Gasteiger partial charge is 0.459 e. The molecule has 80 valence electrons. The molecule has 0 aromatic heterocycles. The fraction of sp³-hybridized carbons (Fsp3) is 0.778. The lowest BCUT2D eigenvalue weighted by molar-refractivity contribution is -0.154. The zero-order valence-electron chi connectivity index (χ0n) is 8.25. The molecule has 0 aromatic carbocycles. The third kappa shape index (κ3) is 3.57. The van der Waals surface area contributed by atoms with Crippen molar-refractivity contribution in [3.63, 3.8) is 0 Å². The van der Waals surface area contributed by atoms with E-state index < -0.39 is 11.9 Å². The molecule has 4 nitrogen and oxygen atoms in total. The van der Waals surface area contributed by atoms with Gasteiger partial charge in [-0.2, -0.15) is 11.8 Å². The van der Waals surface area contributed by atoms with E-state index in [9.17, 15) is 9.59 Å². The van der Waals surface area contributed by atoms with Gasteiger partial charge in [0.15, 0.2) is 0 Å². The van der Waals surface area contributed by atoms with E-state index in [0.717, 1.165) is 17.9 Å². The van der Waals surface area contributed by atoms with Gasteiger partial charge in [-0.05, 0) is 30.8 Å². The van der Waals surface area contributed by atoms with Gasteiger partial charge in [0.05, 0.1) is 6.61 Å². The van der Waals surface area contributed by atoms with E-state index >= 15 is 0 Å². The van der Waals surface area contributed by atoms with E-state index in [0.29, 0.717) is 12.5 Å². The number of carbonyl (C=O) groups excluding carboxylic acids is 2. The van der Waals surface area contributed by atoms with E-state index in [2.05, 4.69) is 10.1 Å². The first kappa shape index (κ1) is 11.4. The molecule has 0 saturated carbocycles. The van der Waals surface area contributed by atoms with Gasteiger partial charge in [0.25, 0.3) is 0 Å². The van der Waals surface area contributed by atoms with Crippen molar-refractivity contribution in [2.75, 3.05) is 24.7 Å². The molecule has 0 aliphatic carbocycles. The van der Waals surface area contributed by atoms with Crippen LogP contribution in [0.2, 0.25) is 0 Å². The molecule has 1 N–H and O–H groups in total. The molecule has 1 unspecified atom stereocenters. The maximum absolute atomic E-state index is 11.1. The number of ether oxygens (including phenoxy) is 1. The summed E-state index contributed by atoms with van der Waals surface area (Å²) in [7, 11) is 0. The minimum Gasteiger partial charge on any atom is -0.459 e. The van der Waals surface area contributed by atoms with Crippen molar-refractivity contribution < 1.29 is 14.3 Å². The maximum atomic E-state index is 11.1. The van der Waals surface area contributed by atoms with Crippen LogP contribution in [0.4, 0.5) is 0 Å². The summed E-state index contributed by atoms with van der Waals surface area (Å²) in [5.41, 5.74) is 0. The Morgan fingerprint density at radius 1 is 1.57 bits per heavy atom. The lowest BCUT2D eigenvalue weighted by Crippen LogP contribution is -2.35. The molecule has 1 amide bonds. The predicted octanol–water partition coefficient (Wildman–Crippen LogP) is 0.419. The SMILES string of the molecule is CCOC(=O)C(=O)NCC1CCSC1. The second-order valence-corrected chi connectivity index (χ2v) is 4.31. The molecule has 1 aliphatic heterocycles. The number of amides is 1. The summed E-state index contributed by atoms with van der Waals surface area (Å²) in [6, 6.07) is 0. The number of hydrogen-bond acceptors (Lipinski definition) is 4. The smallest absolute Gasteiger partial charge is 0.396 e. The Kier molecular flexibility index (Phi) is 4.79. The summed E-state index contributed by atoms with van der Waals surface area (Å²) in [6.07, 6.45) is 1.12. The van der Waals surface area contributed by atoms with Crippen LogP contribution < -0.4 is 5.32 Å². The Hall–Kier alpha value is -0.710. The van der Waals surface area contributed by atoms with Gasteiger partial charge in [0.1, 0.15) is 0 Å². The van der Waals surface area contributed by atoms with Crippen LogP contribution in [0.5, 0.6) is 0 Å². The molecule has 14 heavy (non-hydrogen) atoms. The Bertz CT molecular complexity index is 214. The first-order valence-corrected chi connectivity index (χ1v) is 5.92. The lowest BCUT2D eigenvalue weighted by atomic mass is 10.1. The molecule has 1 fully saturated rings. The monoisotopic (exact) mass is 217 g/mol. The van der Waals surface area contributed by atoms with Crippen molar-refractivity contribution in [3.8, 4) is 0 Å². The van der Waals surface area contributed by atoms with Crippen molar-refractivity contribution in [1.29, 1.82) is 0 Å². The summed E-state index contributed by atoms with van der Waals surface area (Å²) in [4.78, 5) is 22.0. The maximum Gasteiger partial charge on any atom is 0.396 e. The van der Waals surface area contributed by atoms with E-state index in [4.69, 9.17) is 0 Å². The molecule has 0 spiro atoms. The van der Waals surface area contributed by atoms with Gasteiger partial charge in [-0.3, -0.25) is 4.79 Å². The molecule has 5 heteroatoms. The highest BCUT2D eigenvalue weighted by molar-refractivity contribution is 7.99. The third-order valence-corrected chi connectivity index (χ3v) is 3.27. The first-order chi connectivity index (χ1) is 6.74. The molecule has 1 rings (SSSR count). The molecule has 1 atom stereocenters. The Morgan fingerprint density at radius 3 is 2.93 bits per heavy atom. The second kappa shape index (κ2) is 5.90. The topological polar surface area (TPSA) is 55.4 Å². The molecule has 1 aliphatic rings. The third-order valence-electron chi connectivity index (χ3n) is 2.04. The predicted molar refractivity (Wildman–Crippen MR) is 55.1 cm³/mol. The van der Waals surface area contributed by atoms with E-state index in [-0.39, 0.29) is 6.61 Å². The molecule has 1 heterocycles. The Morgan fingerprint density at radius 2 is 2.36 bits per heavy atom. The highest BCUT2D eigenvalue weighted by Crippen LogP contribution is 2.22. The molecular formula is C9H15NO3S. The van der Waals surface area contributed by atoms with Gasteiger partial charge in [-0.25, -0.2) is 4.79 Å². The van der Waals surface area contributed by atoms with Crippen LogP contribution >= 0.6 is 11.8 Å². The standard InChI is InChI=1S/C9H15NO3S/c1-2-13-9(12)8(11)10-5-7-3-4-14-6-7/h7H,2-6H2,1H3,(H,10,11). The van der Waals surface area contributed by atoms with Crippen LogP contribution in [0, 0.1) is 5.92 Å². The summed E-state index contributed by atoms with van der Waals surface area (Å²) >= 11 is 1.89. The molecule has 0 bridgehead atoms. The highest BCUT2D eigenvalue weighted by atomic mass is 32.2. The minimum atomic E-state index is -0.779. The van der Waals surface area contributed by atoms with Gasteiger partial charge in [0.2, 0.25) is 0 Å². The van der Waals surface area contributed by atoms with Crippen LogP contribution in [-0.4, -0.2) is 36.5 Å². The number of nitrogens with one attached hydrogen (secondary N) is 1. The number of esters is 1. The van der Waals surface area contributed by atoms with E-state index in [1.54, 1.807) is 6.92 Å². The number of rotatable bonds is 3. The van der Waals surface area contributed by atoms with Crippen LogP contribution in [0.1, 0.15) is 13.3 Å². The highest BCUT2D eigenvalue weighted by Gasteiger charge is 2.19. The quantitative estimate of drug-likeness (QED) is 0.550. The number of thioether (sulfide) groups is 1. The Balaban J connectivity index is 2.16. The first-order valence-electron chi connectivity index (χ1n) is 4.76. The molecule has 0 aromatic rings. The fourth-order valence-corrected chi connectivity index (χ4v) is 2.53. The number of carbonyl (C=O) groups is 2. The van der Waals surface area contributed by atoms with Gasteiger partial charge >= 0.3 is 11.9 Å². The summed E-state index contributed by atoms with van der Waals surface area (Å²) in [5, 5.41) is 2.58. The van der Waals surface area contributed by atoms with Gasteiger partial charge in [-0.15, -0.1) is 0 Å². The van der Waals surface area contributed by atoms with E-state index in [1.165, 1.54) is 0 Å². The molecular weight excluding hydrogens is 202 g/mol. The van der Waals surface area contributed by atoms with Crippen molar-refractivity contribution in [3.05, 3.63) is 0 Å². The summed E-state index contributed by atoms with van der Waals surface area (Å²) in [5.74, 6) is 1.34. The van der Waals surface area contributed by atoms with Crippen molar-refractivity contribution in [1.82, 2.24) is 5.32 Å². The fourth-order valence-electron chi connectivity index (χ4n) is 1.25. The van der Waals surface area contributed by atoms with Crippen molar-refractivity contribution >= 4 is 23.6 Å². The lowest BCUT2D eigenvalue weighted by Gasteiger charge is -2.08. The average molecular weight is 217 g/mol. The van der Waals surface area contributed by atoms with Gasteiger partial charge in [0, 0.05) is 6.54 Å². The Labute approximate surface area is 87.8 Å². The van der Waals surface area contributed by atoms with E-state index in [1.807, 2.05) is 11.8 Å². The molecule has 0 radical (unpaired) electrons. The van der Waals surface area contributed by atoms with Crippen molar-refractivity contribution in [2.24, 2.45) is 5.92 Å². The van der Waals surface area contributed by atoms with Crippen LogP contribution in [0.25, 0.3) is 0 Å². The van der Waals surface area contributed by atoms with Crippen LogP contribution in [0.15, 0.2) is 0 Å². The summed E-state index contributed by atoms with van der Waals surface area (Å²) in [6.45, 7) is 2.51.